The molecular weight excluding hydrogens is 312 g/mol. The van der Waals surface area contributed by atoms with E-state index in [0.717, 1.165) is 29.8 Å². The van der Waals surface area contributed by atoms with E-state index in [1.54, 1.807) is 29.6 Å². The summed E-state index contributed by atoms with van der Waals surface area (Å²) >= 11 is 1.52. The van der Waals surface area contributed by atoms with E-state index in [-0.39, 0.29) is 6.04 Å². The lowest BCUT2D eigenvalue weighted by molar-refractivity contribution is -0.145. The first-order chi connectivity index (χ1) is 11.2. The second-order valence-electron chi connectivity index (χ2n) is 5.53. The Morgan fingerprint density at radius 3 is 2.96 bits per heavy atom. The Morgan fingerprint density at radius 1 is 1.35 bits per heavy atom. The molecule has 2 amide bonds. The van der Waals surface area contributed by atoms with Crippen molar-refractivity contribution in [3.63, 3.8) is 0 Å². The molecule has 1 unspecified atom stereocenters. The third-order valence-corrected chi connectivity index (χ3v) is 4.86. The second-order valence-corrected chi connectivity index (χ2v) is 6.45. The van der Waals surface area contributed by atoms with Crippen molar-refractivity contribution in [2.24, 2.45) is 0 Å². The smallest absolute Gasteiger partial charge is 0.313 e. The zero-order chi connectivity index (χ0) is 16.2. The standard InChI is InChI=1S/C16H18N4O2S/c1-11-5-6-17-10-12(11)19-14(21)16(22)20-8-3-2-4-13(20)15-18-7-9-23-15/h5-7,9-10,13H,2-4,8H2,1H3,(H,19,21). The van der Waals surface area contributed by atoms with Gasteiger partial charge in [-0.25, -0.2) is 4.98 Å². The molecule has 1 N–H and O–H groups in total. The van der Waals surface area contributed by atoms with Crippen molar-refractivity contribution in [2.75, 3.05) is 11.9 Å². The van der Waals surface area contributed by atoms with E-state index < -0.39 is 11.8 Å². The van der Waals surface area contributed by atoms with Crippen LogP contribution in [-0.2, 0) is 9.59 Å². The number of piperidine rings is 1. The van der Waals surface area contributed by atoms with Crippen LogP contribution in [0.3, 0.4) is 0 Å². The maximum absolute atomic E-state index is 12.6. The van der Waals surface area contributed by atoms with Gasteiger partial charge in [0.1, 0.15) is 5.01 Å². The zero-order valence-electron chi connectivity index (χ0n) is 12.9. The number of carbonyl (C=O) groups excluding carboxylic acids is 2. The fourth-order valence-electron chi connectivity index (χ4n) is 2.73. The number of anilines is 1. The van der Waals surface area contributed by atoms with E-state index in [4.69, 9.17) is 0 Å². The number of amides is 2. The number of thiazole rings is 1. The fourth-order valence-corrected chi connectivity index (χ4v) is 3.52. The molecule has 3 rings (SSSR count). The van der Waals surface area contributed by atoms with Gasteiger partial charge in [0.15, 0.2) is 0 Å². The summed E-state index contributed by atoms with van der Waals surface area (Å²) in [7, 11) is 0. The Balaban J connectivity index is 1.75. The van der Waals surface area contributed by atoms with E-state index in [9.17, 15) is 9.59 Å². The predicted octanol–water partition coefficient (Wildman–Crippen LogP) is 2.54. The average molecular weight is 330 g/mol. The Hall–Kier alpha value is -2.28. The maximum Gasteiger partial charge on any atom is 0.313 e. The molecule has 1 aliphatic rings. The predicted molar refractivity (Wildman–Crippen MR) is 88.0 cm³/mol. The van der Waals surface area contributed by atoms with Crippen LogP contribution in [0.4, 0.5) is 5.69 Å². The number of aryl methyl sites for hydroxylation is 1. The van der Waals surface area contributed by atoms with E-state index in [1.807, 2.05) is 12.3 Å². The van der Waals surface area contributed by atoms with Crippen molar-refractivity contribution in [3.05, 3.63) is 40.6 Å². The molecule has 0 aliphatic carbocycles. The molecule has 120 valence electrons. The molecule has 0 bridgehead atoms. The minimum atomic E-state index is -0.621. The molecular formula is C16H18N4O2S. The van der Waals surface area contributed by atoms with Gasteiger partial charge in [-0.1, -0.05) is 0 Å². The Bertz CT molecular complexity index is 702. The van der Waals surface area contributed by atoms with Crippen LogP contribution in [0, 0.1) is 6.92 Å². The summed E-state index contributed by atoms with van der Waals surface area (Å²) < 4.78 is 0. The average Bonchev–Trinajstić information content (AvgIpc) is 3.10. The first-order valence-corrected chi connectivity index (χ1v) is 8.46. The molecule has 1 fully saturated rings. The number of nitrogens with one attached hydrogen (secondary N) is 1. The molecule has 6 nitrogen and oxygen atoms in total. The molecule has 2 aromatic rings. The number of carbonyl (C=O) groups is 2. The van der Waals surface area contributed by atoms with Gasteiger partial charge < -0.3 is 10.2 Å². The fraction of sp³-hybridized carbons (Fsp3) is 0.375. The van der Waals surface area contributed by atoms with Crippen LogP contribution in [0.2, 0.25) is 0 Å². The van der Waals surface area contributed by atoms with Crippen molar-refractivity contribution in [1.82, 2.24) is 14.9 Å². The molecule has 23 heavy (non-hydrogen) atoms. The van der Waals surface area contributed by atoms with E-state index in [0.29, 0.717) is 12.2 Å². The van der Waals surface area contributed by atoms with Crippen LogP contribution in [-0.4, -0.2) is 33.2 Å². The zero-order valence-corrected chi connectivity index (χ0v) is 13.7. The number of hydrogen-bond donors (Lipinski definition) is 1. The summed E-state index contributed by atoms with van der Waals surface area (Å²) in [4.78, 5) is 34.9. The molecule has 3 heterocycles. The van der Waals surface area contributed by atoms with Gasteiger partial charge in [-0.2, -0.15) is 0 Å². The van der Waals surface area contributed by atoms with Gasteiger partial charge in [-0.3, -0.25) is 14.6 Å². The highest BCUT2D eigenvalue weighted by Crippen LogP contribution is 2.32. The van der Waals surface area contributed by atoms with Crippen molar-refractivity contribution in [2.45, 2.75) is 32.2 Å². The molecule has 2 aromatic heterocycles. The van der Waals surface area contributed by atoms with Crippen molar-refractivity contribution in [1.29, 1.82) is 0 Å². The molecule has 1 aliphatic heterocycles. The van der Waals surface area contributed by atoms with Crippen LogP contribution in [0.5, 0.6) is 0 Å². The monoisotopic (exact) mass is 330 g/mol. The molecule has 1 saturated heterocycles. The quantitative estimate of drug-likeness (QED) is 0.859. The Kier molecular flexibility index (Phi) is 4.66. The van der Waals surface area contributed by atoms with Crippen LogP contribution in [0.25, 0.3) is 0 Å². The normalized spacial score (nSPS) is 17.8. The SMILES string of the molecule is Cc1ccncc1NC(=O)C(=O)N1CCCCC1c1nccs1. The van der Waals surface area contributed by atoms with E-state index in [1.165, 1.54) is 11.3 Å². The number of aromatic nitrogens is 2. The van der Waals surface area contributed by atoms with Gasteiger partial charge in [0.05, 0.1) is 17.9 Å². The summed E-state index contributed by atoms with van der Waals surface area (Å²) in [5.74, 6) is -1.13. The maximum atomic E-state index is 12.6. The van der Waals surface area contributed by atoms with Crippen LogP contribution in [0.1, 0.15) is 35.9 Å². The number of likely N-dealkylation sites (tertiary alicyclic amines) is 1. The Labute approximate surface area is 138 Å². The molecule has 0 spiro atoms. The second kappa shape index (κ2) is 6.87. The highest BCUT2D eigenvalue weighted by molar-refractivity contribution is 7.09. The lowest BCUT2D eigenvalue weighted by atomic mass is 10.0. The highest BCUT2D eigenvalue weighted by atomic mass is 32.1. The minimum absolute atomic E-state index is 0.100. The molecule has 7 heteroatoms. The summed E-state index contributed by atoms with van der Waals surface area (Å²) in [5.41, 5.74) is 1.44. The lowest BCUT2D eigenvalue weighted by Crippen LogP contribution is -2.44. The van der Waals surface area contributed by atoms with Crippen LogP contribution in [0.15, 0.2) is 30.0 Å². The van der Waals surface area contributed by atoms with Crippen LogP contribution < -0.4 is 5.32 Å². The van der Waals surface area contributed by atoms with Gasteiger partial charge in [0, 0.05) is 24.3 Å². The van der Waals surface area contributed by atoms with Gasteiger partial charge in [-0.15, -0.1) is 11.3 Å². The highest BCUT2D eigenvalue weighted by Gasteiger charge is 2.33. The molecule has 0 aromatic carbocycles. The number of nitrogens with zero attached hydrogens (tertiary/aromatic N) is 3. The summed E-state index contributed by atoms with van der Waals surface area (Å²) in [6, 6.07) is 1.69. The summed E-state index contributed by atoms with van der Waals surface area (Å²) in [6.45, 7) is 2.45. The van der Waals surface area contributed by atoms with Gasteiger partial charge in [0.25, 0.3) is 0 Å². The Morgan fingerprint density at radius 2 is 2.22 bits per heavy atom. The van der Waals surface area contributed by atoms with E-state index >= 15 is 0 Å². The van der Waals surface area contributed by atoms with Crippen molar-refractivity contribution >= 4 is 28.8 Å². The first-order valence-electron chi connectivity index (χ1n) is 7.59. The largest absolute Gasteiger partial charge is 0.325 e. The minimum Gasteiger partial charge on any atom is -0.325 e. The van der Waals surface area contributed by atoms with Crippen molar-refractivity contribution < 1.29 is 9.59 Å². The topological polar surface area (TPSA) is 75.2 Å². The van der Waals surface area contributed by atoms with Gasteiger partial charge in [0.2, 0.25) is 0 Å². The third kappa shape index (κ3) is 3.39. The van der Waals surface area contributed by atoms with Gasteiger partial charge >= 0.3 is 11.8 Å². The molecule has 0 radical (unpaired) electrons. The number of pyridine rings is 1. The number of hydrogen-bond acceptors (Lipinski definition) is 5. The van der Waals surface area contributed by atoms with Crippen LogP contribution >= 0.6 is 11.3 Å². The third-order valence-electron chi connectivity index (χ3n) is 3.98. The summed E-state index contributed by atoms with van der Waals surface area (Å²) in [5, 5.41) is 5.45. The lowest BCUT2D eigenvalue weighted by Gasteiger charge is -2.33. The molecule has 0 saturated carbocycles. The molecule has 1 atom stereocenters. The van der Waals surface area contributed by atoms with Gasteiger partial charge in [-0.05, 0) is 37.8 Å². The van der Waals surface area contributed by atoms with E-state index in [2.05, 4.69) is 15.3 Å². The first kappa shape index (κ1) is 15.6. The van der Waals surface area contributed by atoms with Crippen molar-refractivity contribution in [3.8, 4) is 0 Å². The summed E-state index contributed by atoms with van der Waals surface area (Å²) in [6.07, 6.45) is 7.73. The number of rotatable bonds is 2.